The molecule has 0 aliphatic heterocycles. The van der Waals surface area contributed by atoms with Gasteiger partial charge in [-0.05, 0) is 66.4 Å². The Morgan fingerprint density at radius 1 is 1.30 bits per heavy atom. The minimum Gasteiger partial charge on any atom is -0.357 e. The summed E-state index contributed by atoms with van der Waals surface area (Å²) >= 11 is 0. The SMILES string of the molecule is CCNC(=NCCN(C(C)C)C1CC1)NC(C)Cc1c(C)nn(C)c1C.I. The van der Waals surface area contributed by atoms with Crippen LogP contribution in [0.3, 0.4) is 0 Å². The van der Waals surface area contributed by atoms with Gasteiger partial charge >= 0.3 is 0 Å². The van der Waals surface area contributed by atoms with Gasteiger partial charge in [-0.1, -0.05) is 0 Å². The van der Waals surface area contributed by atoms with E-state index in [0.29, 0.717) is 12.1 Å². The number of nitrogens with zero attached hydrogens (tertiary/aromatic N) is 4. The van der Waals surface area contributed by atoms with E-state index < -0.39 is 0 Å². The molecule has 6 nitrogen and oxygen atoms in total. The number of hydrogen-bond acceptors (Lipinski definition) is 3. The normalized spacial score (nSPS) is 15.8. The Morgan fingerprint density at radius 2 is 1.96 bits per heavy atom. The summed E-state index contributed by atoms with van der Waals surface area (Å²) in [6.45, 7) is 15.9. The zero-order valence-corrected chi connectivity index (χ0v) is 20.5. The Morgan fingerprint density at radius 3 is 2.44 bits per heavy atom. The van der Waals surface area contributed by atoms with Crippen LogP contribution in [0.4, 0.5) is 0 Å². The topological polar surface area (TPSA) is 57.5 Å². The van der Waals surface area contributed by atoms with Crippen molar-refractivity contribution in [3.8, 4) is 0 Å². The second-order valence-corrected chi connectivity index (χ2v) is 7.85. The van der Waals surface area contributed by atoms with Crippen molar-refractivity contribution >= 4 is 29.9 Å². The van der Waals surface area contributed by atoms with Gasteiger partial charge in [0.15, 0.2) is 5.96 Å². The molecular formula is C20H39IN6. The number of aryl methyl sites for hydroxylation is 2. The van der Waals surface area contributed by atoms with E-state index in [0.717, 1.165) is 43.8 Å². The first-order chi connectivity index (χ1) is 12.3. The summed E-state index contributed by atoms with van der Waals surface area (Å²) in [5, 5.41) is 11.5. The number of aliphatic imine (C=N–C) groups is 1. The number of aromatic nitrogens is 2. The Bertz CT molecular complexity index is 604. The van der Waals surface area contributed by atoms with E-state index in [1.165, 1.54) is 24.1 Å². The highest BCUT2D eigenvalue weighted by molar-refractivity contribution is 14.0. The van der Waals surface area contributed by atoms with Crippen LogP contribution in [0.5, 0.6) is 0 Å². The van der Waals surface area contributed by atoms with Gasteiger partial charge in [0.2, 0.25) is 0 Å². The van der Waals surface area contributed by atoms with Crippen molar-refractivity contribution in [2.24, 2.45) is 12.0 Å². The van der Waals surface area contributed by atoms with Crippen molar-refractivity contribution in [2.75, 3.05) is 19.6 Å². The lowest BCUT2D eigenvalue weighted by atomic mass is 10.1. The third-order valence-corrected chi connectivity index (χ3v) is 5.20. The summed E-state index contributed by atoms with van der Waals surface area (Å²) in [5.41, 5.74) is 3.70. The second-order valence-electron chi connectivity index (χ2n) is 7.85. The van der Waals surface area contributed by atoms with Crippen molar-refractivity contribution in [3.05, 3.63) is 17.0 Å². The molecule has 1 aromatic heterocycles. The summed E-state index contributed by atoms with van der Waals surface area (Å²) in [7, 11) is 2.01. The lowest BCUT2D eigenvalue weighted by Gasteiger charge is -2.25. The van der Waals surface area contributed by atoms with Crippen LogP contribution in [-0.4, -0.2) is 58.4 Å². The maximum Gasteiger partial charge on any atom is 0.191 e. The van der Waals surface area contributed by atoms with Crippen LogP contribution < -0.4 is 10.6 Å². The smallest absolute Gasteiger partial charge is 0.191 e. The van der Waals surface area contributed by atoms with Crippen LogP contribution in [0, 0.1) is 13.8 Å². The fourth-order valence-corrected chi connectivity index (χ4v) is 3.57. The molecule has 1 atom stereocenters. The van der Waals surface area contributed by atoms with Crippen molar-refractivity contribution in [1.82, 2.24) is 25.3 Å². The Labute approximate surface area is 182 Å². The number of halogens is 1. The summed E-state index contributed by atoms with van der Waals surface area (Å²) in [6, 6.07) is 1.69. The molecule has 2 rings (SSSR count). The second kappa shape index (κ2) is 11.2. The maximum atomic E-state index is 4.81. The van der Waals surface area contributed by atoms with Crippen LogP contribution in [0.2, 0.25) is 0 Å². The van der Waals surface area contributed by atoms with Gasteiger partial charge in [-0.3, -0.25) is 14.6 Å². The van der Waals surface area contributed by atoms with E-state index in [9.17, 15) is 0 Å². The monoisotopic (exact) mass is 490 g/mol. The molecule has 27 heavy (non-hydrogen) atoms. The molecule has 1 aliphatic carbocycles. The minimum atomic E-state index is 0. The van der Waals surface area contributed by atoms with E-state index in [4.69, 9.17) is 4.99 Å². The molecule has 0 aromatic carbocycles. The first-order valence-corrected chi connectivity index (χ1v) is 10.1. The molecule has 1 aromatic rings. The molecular weight excluding hydrogens is 451 g/mol. The molecule has 7 heteroatoms. The first kappa shape index (κ1) is 24.2. The maximum absolute atomic E-state index is 4.81. The predicted molar refractivity (Wildman–Crippen MR) is 125 cm³/mol. The van der Waals surface area contributed by atoms with Crippen molar-refractivity contribution in [2.45, 2.75) is 78.9 Å². The van der Waals surface area contributed by atoms with Gasteiger partial charge in [0.05, 0.1) is 12.2 Å². The summed E-state index contributed by atoms with van der Waals surface area (Å²) in [5.74, 6) is 0.915. The van der Waals surface area contributed by atoms with Crippen LogP contribution >= 0.6 is 24.0 Å². The molecule has 0 spiro atoms. The third kappa shape index (κ3) is 7.25. The molecule has 1 aliphatic rings. The van der Waals surface area contributed by atoms with Gasteiger partial charge in [0, 0.05) is 44.0 Å². The van der Waals surface area contributed by atoms with Gasteiger partial charge in [-0.15, -0.1) is 24.0 Å². The summed E-state index contributed by atoms with van der Waals surface area (Å²) < 4.78 is 1.97. The van der Waals surface area contributed by atoms with E-state index in [2.05, 4.69) is 62.2 Å². The van der Waals surface area contributed by atoms with Crippen molar-refractivity contribution in [1.29, 1.82) is 0 Å². The molecule has 0 amide bonds. The van der Waals surface area contributed by atoms with Gasteiger partial charge in [-0.2, -0.15) is 5.10 Å². The van der Waals surface area contributed by atoms with E-state index in [1.807, 2.05) is 11.7 Å². The van der Waals surface area contributed by atoms with Crippen molar-refractivity contribution < 1.29 is 0 Å². The highest BCUT2D eigenvalue weighted by Crippen LogP contribution is 2.28. The molecule has 0 bridgehead atoms. The summed E-state index contributed by atoms with van der Waals surface area (Å²) in [6.07, 6.45) is 3.65. The number of nitrogens with one attached hydrogen (secondary N) is 2. The Balaban J connectivity index is 0.00000364. The van der Waals surface area contributed by atoms with Crippen LogP contribution in [0.15, 0.2) is 4.99 Å². The average Bonchev–Trinajstić information content (AvgIpc) is 3.36. The van der Waals surface area contributed by atoms with Crippen molar-refractivity contribution in [3.63, 3.8) is 0 Å². The van der Waals surface area contributed by atoms with Gasteiger partial charge in [0.1, 0.15) is 0 Å². The van der Waals surface area contributed by atoms with Crippen LogP contribution in [-0.2, 0) is 13.5 Å². The first-order valence-electron chi connectivity index (χ1n) is 10.1. The molecule has 156 valence electrons. The van der Waals surface area contributed by atoms with E-state index in [1.54, 1.807) is 0 Å². The Kier molecular flexibility index (Phi) is 10.1. The fraction of sp³-hybridized carbons (Fsp3) is 0.800. The van der Waals surface area contributed by atoms with Crippen LogP contribution in [0.25, 0.3) is 0 Å². The molecule has 1 heterocycles. The lowest BCUT2D eigenvalue weighted by Crippen LogP contribution is -2.44. The highest BCUT2D eigenvalue weighted by Gasteiger charge is 2.30. The van der Waals surface area contributed by atoms with Crippen LogP contribution in [0.1, 0.15) is 57.5 Å². The predicted octanol–water partition coefficient (Wildman–Crippen LogP) is 3.01. The number of rotatable bonds is 9. The van der Waals surface area contributed by atoms with Gasteiger partial charge in [-0.25, -0.2) is 0 Å². The number of hydrogen-bond donors (Lipinski definition) is 2. The molecule has 1 saturated carbocycles. The van der Waals surface area contributed by atoms with E-state index in [-0.39, 0.29) is 24.0 Å². The molecule has 2 N–H and O–H groups in total. The highest BCUT2D eigenvalue weighted by atomic mass is 127. The average molecular weight is 490 g/mol. The fourth-order valence-electron chi connectivity index (χ4n) is 3.57. The quantitative estimate of drug-likeness (QED) is 0.318. The Hall–Kier alpha value is -0.830. The van der Waals surface area contributed by atoms with Gasteiger partial charge < -0.3 is 10.6 Å². The van der Waals surface area contributed by atoms with E-state index >= 15 is 0 Å². The lowest BCUT2D eigenvalue weighted by molar-refractivity contribution is 0.218. The third-order valence-electron chi connectivity index (χ3n) is 5.20. The molecule has 1 unspecified atom stereocenters. The van der Waals surface area contributed by atoms with Gasteiger partial charge in [0.25, 0.3) is 0 Å². The largest absolute Gasteiger partial charge is 0.357 e. The zero-order valence-electron chi connectivity index (χ0n) is 18.2. The molecule has 0 saturated heterocycles. The molecule has 1 fully saturated rings. The standard InChI is InChI=1S/C20H38N6.HI/c1-8-21-20(22-11-12-26(14(2)3)18-9-10-18)23-15(4)13-19-16(5)24-25(7)17(19)6;/h14-15,18H,8-13H2,1-7H3,(H2,21,22,23);1H. The minimum absolute atomic E-state index is 0. The zero-order chi connectivity index (χ0) is 19.3. The summed E-state index contributed by atoms with van der Waals surface area (Å²) in [4.78, 5) is 7.39. The number of guanidine groups is 1. The molecule has 0 radical (unpaired) electrons.